The molecule has 0 amide bonds. The third-order valence-corrected chi connectivity index (χ3v) is 8.42. The van der Waals surface area contributed by atoms with E-state index in [0.29, 0.717) is 46.8 Å². The van der Waals surface area contributed by atoms with Gasteiger partial charge in [0.2, 0.25) is 5.95 Å². The first-order chi connectivity index (χ1) is 16.6. The van der Waals surface area contributed by atoms with Gasteiger partial charge in [0.15, 0.2) is 0 Å². The fourth-order valence-corrected chi connectivity index (χ4v) is 7.06. The third-order valence-electron chi connectivity index (χ3n) is 8.05. The first-order valence-corrected chi connectivity index (χ1v) is 12.8. The Morgan fingerprint density at radius 2 is 1.94 bits per heavy atom. The Labute approximate surface area is 206 Å². The molecule has 0 radical (unpaired) electrons. The number of nitriles is 1. The van der Waals surface area contributed by atoms with Crippen LogP contribution in [0.4, 0.5) is 11.8 Å². The van der Waals surface area contributed by atoms with Crippen LogP contribution in [0, 0.1) is 34.5 Å². The quantitative estimate of drug-likeness (QED) is 0.378. The van der Waals surface area contributed by atoms with Gasteiger partial charge in [-0.2, -0.15) is 10.2 Å². The van der Waals surface area contributed by atoms with Crippen molar-refractivity contribution in [3.63, 3.8) is 0 Å². The van der Waals surface area contributed by atoms with Crippen LogP contribution < -0.4 is 16.0 Å². The smallest absolute Gasteiger partial charge is 0.224 e. The van der Waals surface area contributed by atoms with Gasteiger partial charge in [0.25, 0.3) is 0 Å². The highest BCUT2D eigenvalue weighted by molar-refractivity contribution is 6.31. The molecule has 4 bridgehead atoms. The van der Waals surface area contributed by atoms with Crippen molar-refractivity contribution in [1.29, 1.82) is 5.26 Å². The first-order valence-electron chi connectivity index (χ1n) is 12.4. The maximum absolute atomic E-state index is 9.62. The normalized spacial score (nSPS) is 29.1. The van der Waals surface area contributed by atoms with E-state index in [1.165, 1.54) is 32.1 Å². The minimum atomic E-state index is 0.251. The van der Waals surface area contributed by atoms with Crippen molar-refractivity contribution in [1.82, 2.24) is 15.3 Å². The Morgan fingerprint density at radius 1 is 1.15 bits per heavy atom. The molecule has 1 aromatic carbocycles. The second kappa shape index (κ2) is 10.1. The van der Waals surface area contributed by atoms with E-state index in [4.69, 9.17) is 16.7 Å². The van der Waals surface area contributed by atoms with E-state index in [1.807, 2.05) is 24.3 Å². The van der Waals surface area contributed by atoms with E-state index in [9.17, 15) is 5.26 Å². The average molecular weight is 481 g/mol. The minimum absolute atomic E-state index is 0.251. The Kier molecular flexibility index (Phi) is 6.91. The van der Waals surface area contributed by atoms with Crippen LogP contribution in [0.2, 0.25) is 5.02 Å². The van der Waals surface area contributed by atoms with Gasteiger partial charge in [-0.1, -0.05) is 29.8 Å². The lowest BCUT2D eigenvalue weighted by Gasteiger charge is -2.60. The van der Waals surface area contributed by atoms with Gasteiger partial charge in [-0.25, -0.2) is 4.98 Å². The van der Waals surface area contributed by atoms with E-state index in [0.717, 1.165) is 31.0 Å². The SMILES string of the molecule is N#Cc1cnc(NCc2ccccc2Cl)nc1NCC12CC3C[C@H](C1)C(NCCCO)[C@@H](C3)C2. The summed E-state index contributed by atoms with van der Waals surface area (Å²) in [6.07, 6.45) is 8.75. The molecule has 3 unspecified atom stereocenters. The van der Waals surface area contributed by atoms with Gasteiger partial charge < -0.3 is 21.1 Å². The lowest BCUT2D eigenvalue weighted by atomic mass is 9.48. The van der Waals surface area contributed by atoms with Crippen molar-refractivity contribution in [3.8, 4) is 6.07 Å². The molecule has 180 valence electrons. The highest BCUT2D eigenvalue weighted by atomic mass is 35.5. The Morgan fingerprint density at radius 3 is 2.68 bits per heavy atom. The molecule has 4 aliphatic rings. The highest BCUT2D eigenvalue weighted by Crippen LogP contribution is 2.60. The maximum atomic E-state index is 9.62. The summed E-state index contributed by atoms with van der Waals surface area (Å²) in [5, 5.41) is 30.0. The summed E-state index contributed by atoms with van der Waals surface area (Å²) in [6.45, 7) is 2.52. The number of hydrogen-bond donors (Lipinski definition) is 4. The molecular weight excluding hydrogens is 448 g/mol. The zero-order valence-corrected chi connectivity index (χ0v) is 20.2. The molecule has 4 aliphatic carbocycles. The van der Waals surface area contributed by atoms with E-state index < -0.39 is 0 Å². The van der Waals surface area contributed by atoms with E-state index in [1.54, 1.807) is 6.20 Å². The topological polar surface area (TPSA) is 106 Å². The van der Waals surface area contributed by atoms with Crippen LogP contribution in [0.15, 0.2) is 30.5 Å². The molecule has 7 nitrogen and oxygen atoms in total. The molecule has 0 aliphatic heterocycles. The summed E-state index contributed by atoms with van der Waals surface area (Å²) in [5.74, 6) is 3.32. The van der Waals surface area contributed by atoms with E-state index in [-0.39, 0.29) is 12.0 Å². The van der Waals surface area contributed by atoms with Crippen LogP contribution in [-0.2, 0) is 6.54 Å². The van der Waals surface area contributed by atoms with Gasteiger partial charge >= 0.3 is 0 Å². The molecule has 1 heterocycles. The average Bonchev–Trinajstić information content (AvgIpc) is 2.84. The summed E-state index contributed by atoms with van der Waals surface area (Å²) in [4.78, 5) is 8.96. The second-order valence-electron chi connectivity index (χ2n) is 10.4. The number of anilines is 2. The summed E-state index contributed by atoms with van der Waals surface area (Å²) in [6, 6.07) is 10.5. The van der Waals surface area contributed by atoms with Crippen molar-refractivity contribution < 1.29 is 5.11 Å². The van der Waals surface area contributed by atoms with Crippen LogP contribution in [0.3, 0.4) is 0 Å². The first kappa shape index (κ1) is 23.3. The van der Waals surface area contributed by atoms with Gasteiger partial charge in [-0.05, 0) is 79.9 Å². The molecule has 4 fully saturated rings. The number of nitrogens with one attached hydrogen (secondary N) is 3. The summed E-state index contributed by atoms with van der Waals surface area (Å²) < 4.78 is 0. The molecule has 0 spiro atoms. The standard InChI is InChI=1S/C26H33ClN6O/c27-22-5-2-1-4-18(22)14-30-25-31-15-21(13-28)24(33-25)32-16-26-10-17-8-19(11-26)23(20(9-17)12-26)29-6-3-7-34/h1-2,4-5,15,17,19-20,23,29,34H,3,6-12,14,16H2,(H2,30,31,32,33)/t17?,19-,20+,23?,26?. The molecule has 5 atom stereocenters. The van der Waals surface area contributed by atoms with Crippen LogP contribution in [0.1, 0.15) is 49.7 Å². The predicted octanol–water partition coefficient (Wildman–Crippen LogP) is 4.19. The highest BCUT2D eigenvalue weighted by Gasteiger charge is 2.54. The molecular formula is C26H33ClN6O. The Bertz CT molecular complexity index is 1040. The Balaban J connectivity index is 1.25. The molecule has 2 aromatic rings. The molecule has 34 heavy (non-hydrogen) atoms. The lowest BCUT2D eigenvalue weighted by molar-refractivity contribution is -0.0694. The van der Waals surface area contributed by atoms with Crippen LogP contribution >= 0.6 is 11.6 Å². The van der Waals surface area contributed by atoms with E-state index >= 15 is 0 Å². The lowest BCUT2D eigenvalue weighted by Crippen LogP contribution is -2.59. The number of rotatable bonds is 10. The van der Waals surface area contributed by atoms with Crippen molar-refractivity contribution in [2.75, 3.05) is 30.3 Å². The summed E-state index contributed by atoms with van der Waals surface area (Å²) in [5.41, 5.74) is 1.72. The monoisotopic (exact) mass is 480 g/mol. The fourth-order valence-electron chi connectivity index (χ4n) is 6.86. The number of aliphatic hydroxyl groups is 1. The van der Waals surface area contributed by atoms with Crippen molar-refractivity contribution in [3.05, 3.63) is 46.6 Å². The predicted molar refractivity (Wildman–Crippen MR) is 133 cm³/mol. The molecule has 4 saturated carbocycles. The zero-order chi connectivity index (χ0) is 23.5. The minimum Gasteiger partial charge on any atom is -0.396 e. The number of hydrogen-bond acceptors (Lipinski definition) is 7. The van der Waals surface area contributed by atoms with Crippen LogP contribution in [0.25, 0.3) is 0 Å². The van der Waals surface area contributed by atoms with E-state index in [2.05, 4.69) is 32.0 Å². The van der Waals surface area contributed by atoms with Crippen molar-refractivity contribution in [2.45, 2.75) is 51.1 Å². The van der Waals surface area contributed by atoms with Crippen molar-refractivity contribution in [2.24, 2.45) is 23.2 Å². The number of benzene rings is 1. The molecule has 0 saturated heterocycles. The largest absolute Gasteiger partial charge is 0.396 e. The molecule has 4 N–H and O–H groups in total. The number of nitrogens with zero attached hydrogens (tertiary/aromatic N) is 3. The van der Waals surface area contributed by atoms with Gasteiger partial charge in [-0.3, -0.25) is 0 Å². The number of aliphatic hydroxyl groups excluding tert-OH is 1. The van der Waals surface area contributed by atoms with Gasteiger partial charge in [-0.15, -0.1) is 0 Å². The van der Waals surface area contributed by atoms with Crippen LogP contribution in [0.5, 0.6) is 0 Å². The van der Waals surface area contributed by atoms with Gasteiger partial charge in [0.05, 0.1) is 6.20 Å². The maximum Gasteiger partial charge on any atom is 0.224 e. The molecule has 8 heteroatoms. The van der Waals surface area contributed by atoms with Crippen LogP contribution in [-0.4, -0.2) is 40.8 Å². The fraction of sp³-hybridized carbons (Fsp3) is 0.577. The number of halogens is 1. The van der Waals surface area contributed by atoms with Gasteiger partial charge in [0, 0.05) is 30.8 Å². The Hall–Kier alpha value is -2.40. The zero-order valence-electron chi connectivity index (χ0n) is 19.4. The van der Waals surface area contributed by atoms with Gasteiger partial charge in [0.1, 0.15) is 17.5 Å². The molecule has 1 aromatic heterocycles. The number of aromatic nitrogens is 2. The molecule has 6 rings (SSSR count). The second-order valence-corrected chi connectivity index (χ2v) is 10.8. The third kappa shape index (κ3) is 4.86. The van der Waals surface area contributed by atoms with Crippen molar-refractivity contribution >= 4 is 23.4 Å². The summed E-state index contributed by atoms with van der Waals surface area (Å²) in [7, 11) is 0. The summed E-state index contributed by atoms with van der Waals surface area (Å²) >= 11 is 6.26.